The van der Waals surface area contributed by atoms with Crippen molar-refractivity contribution in [3.05, 3.63) is 84.6 Å². The number of nitrogens with zero attached hydrogens (tertiary/aromatic N) is 5. The molecule has 4 aromatic rings. The molecule has 196 valence electrons. The highest BCUT2D eigenvalue weighted by molar-refractivity contribution is 5.78. The van der Waals surface area contributed by atoms with Crippen LogP contribution in [0.2, 0.25) is 0 Å². The zero-order chi connectivity index (χ0) is 26.7. The van der Waals surface area contributed by atoms with Crippen LogP contribution in [0.3, 0.4) is 0 Å². The third-order valence-electron chi connectivity index (χ3n) is 5.59. The lowest BCUT2D eigenvalue weighted by atomic mass is 10.0. The van der Waals surface area contributed by atoms with Crippen LogP contribution < -0.4 is 15.6 Å². The normalized spacial score (nSPS) is 11.0. The smallest absolute Gasteiger partial charge is 0.245 e. The Labute approximate surface area is 221 Å². The minimum atomic E-state index is -0.505. The molecular formula is C28H30FN7O2. The van der Waals surface area contributed by atoms with Crippen molar-refractivity contribution in [1.82, 2.24) is 15.0 Å². The first kappa shape index (κ1) is 26.5. The number of hydrogen-bond donors (Lipinski definition) is 3. The van der Waals surface area contributed by atoms with Crippen LogP contribution in [0.25, 0.3) is 11.1 Å². The molecule has 0 bridgehead atoms. The van der Waals surface area contributed by atoms with Crippen LogP contribution in [-0.4, -0.2) is 52.6 Å². The van der Waals surface area contributed by atoms with Gasteiger partial charge in [-0.05, 0) is 61.4 Å². The number of halogens is 1. The second-order valence-corrected chi connectivity index (χ2v) is 8.24. The van der Waals surface area contributed by atoms with Crippen molar-refractivity contribution in [2.45, 2.75) is 13.8 Å². The van der Waals surface area contributed by atoms with Crippen molar-refractivity contribution >= 4 is 29.4 Å². The molecule has 0 fully saturated rings. The van der Waals surface area contributed by atoms with E-state index in [4.69, 9.17) is 4.74 Å². The number of aromatic hydroxyl groups is 1. The zero-order valence-corrected chi connectivity index (χ0v) is 21.3. The first-order chi connectivity index (χ1) is 18.6. The van der Waals surface area contributed by atoms with Crippen molar-refractivity contribution < 1.29 is 14.2 Å². The average Bonchev–Trinajstić information content (AvgIpc) is 2.93. The number of hydrazone groups is 1. The minimum Gasteiger partial charge on any atom is -0.508 e. The van der Waals surface area contributed by atoms with Crippen LogP contribution in [0.4, 0.5) is 27.5 Å². The average molecular weight is 516 g/mol. The maximum atomic E-state index is 14.3. The number of phenolic OH excluding ortho intramolecular Hbond substituents is 1. The Hall–Kier alpha value is -4.57. The van der Waals surface area contributed by atoms with Crippen molar-refractivity contribution in [3.63, 3.8) is 0 Å². The third kappa shape index (κ3) is 7.23. The van der Waals surface area contributed by atoms with Crippen molar-refractivity contribution in [2.75, 3.05) is 41.9 Å². The Morgan fingerprint density at radius 2 is 1.82 bits per heavy atom. The van der Waals surface area contributed by atoms with Crippen LogP contribution in [0.15, 0.2) is 78.2 Å². The number of benzene rings is 2. The van der Waals surface area contributed by atoms with Crippen LogP contribution >= 0.6 is 0 Å². The van der Waals surface area contributed by atoms with E-state index in [9.17, 15) is 9.50 Å². The summed E-state index contributed by atoms with van der Waals surface area (Å²) in [5, 5.41) is 17.2. The highest BCUT2D eigenvalue weighted by Gasteiger charge is 2.13. The predicted molar refractivity (Wildman–Crippen MR) is 149 cm³/mol. The maximum Gasteiger partial charge on any atom is 0.245 e. The zero-order valence-electron chi connectivity index (χ0n) is 21.3. The maximum absolute atomic E-state index is 14.3. The number of hydrogen-bond acceptors (Lipinski definition) is 9. The summed E-state index contributed by atoms with van der Waals surface area (Å²) in [5.74, 6) is 0.0952. The van der Waals surface area contributed by atoms with Gasteiger partial charge in [0.25, 0.3) is 0 Å². The topological polar surface area (TPSA) is 108 Å². The number of phenols is 1. The van der Waals surface area contributed by atoms with Crippen molar-refractivity contribution in [2.24, 2.45) is 5.10 Å². The molecule has 10 heteroatoms. The Bertz CT molecular complexity index is 1370. The molecule has 0 amide bonds. The molecule has 0 aliphatic rings. The van der Waals surface area contributed by atoms with Gasteiger partial charge in [0.1, 0.15) is 5.75 Å². The summed E-state index contributed by atoms with van der Waals surface area (Å²) in [5.41, 5.74) is 6.96. The van der Waals surface area contributed by atoms with E-state index in [1.54, 1.807) is 23.2 Å². The van der Waals surface area contributed by atoms with E-state index in [-0.39, 0.29) is 17.5 Å². The fourth-order valence-corrected chi connectivity index (χ4v) is 3.71. The van der Waals surface area contributed by atoms with E-state index in [2.05, 4.69) is 30.8 Å². The molecule has 0 saturated carbocycles. The second-order valence-electron chi connectivity index (χ2n) is 8.24. The van der Waals surface area contributed by atoms with E-state index in [0.29, 0.717) is 32.0 Å². The molecule has 2 heterocycles. The van der Waals surface area contributed by atoms with Crippen LogP contribution in [0, 0.1) is 5.82 Å². The molecule has 2 aromatic carbocycles. The SMILES string of the molecule is CCOCCN(CC)c1nc(N/N=C/c2ccc(Nc3cccc(-c4cccc(O)c4)c3)cn2)ncc1F. The van der Waals surface area contributed by atoms with Gasteiger partial charge in [0.05, 0.1) is 36.6 Å². The van der Waals surface area contributed by atoms with Gasteiger partial charge in [0, 0.05) is 25.4 Å². The molecule has 2 aromatic heterocycles. The quantitative estimate of drug-likeness (QED) is 0.130. The monoisotopic (exact) mass is 515 g/mol. The number of rotatable bonds is 12. The Kier molecular flexibility index (Phi) is 9.14. The number of pyridine rings is 1. The van der Waals surface area contributed by atoms with Gasteiger partial charge in [-0.25, -0.2) is 14.8 Å². The number of likely N-dealkylation sites (N-methyl/N-ethyl adjacent to an activating group) is 1. The fourth-order valence-electron chi connectivity index (χ4n) is 3.71. The second kappa shape index (κ2) is 13.1. The van der Waals surface area contributed by atoms with Crippen LogP contribution in [0.5, 0.6) is 5.75 Å². The summed E-state index contributed by atoms with van der Waals surface area (Å²) in [7, 11) is 0. The predicted octanol–water partition coefficient (Wildman–Crippen LogP) is 5.44. The molecule has 4 rings (SSSR count). The summed E-state index contributed by atoms with van der Waals surface area (Å²) < 4.78 is 19.7. The number of aromatic nitrogens is 3. The van der Waals surface area contributed by atoms with Gasteiger partial charge >= 0.3 is 0 Å². The van der Waals surface area contributed by atoms with Crippen LogP contribution in [0.1, 0.15) is 19.5 Å². The molecule has 38 heavy (non-hydrogen) atoms. The molecule has 9 nitrogen and oxygen atoms in total. The number of anilines is 4. The van der Waals surface area contributed by atoms with Gasteiger partial charge in [-0.1, -0.05) is 24.3 Å². The third-order valence-corrected chi connectivity index (χ3v) is 5.59. The minimum absolute atomic E-state index is 0.178. The first-order valence-corrected chi connectivity index (χ1v) is 12.3. The van der Waals surface area contributed by atoms with Crippen molar-refractivity contribution in [3.8, 4) is 16.9 Å². The van der Waals surface area contributed by atoms with Gasteiger partial charge in [0.15, 0.2) is 11.6 Å². The standard InChI is InChI=1S/C28H30FN7O2/c1-3-36(13-14-38-4-2)27-26(29)19-31-28(34-27)35-32-18-23-11-12-24(17-30-23)33-22-9-5-7-20(15-22)21-8-6-10-25(37)16-21/h5-12,15-19,33,37H,3-4,13-14H2,1-2H3,(H,31,34,35)/b32-18+. The number of ether oxygens (including phenoxy) is 1. The largest absolute Gasteiger partial charge is 0.508 e. The van der Waals surface area contributed by atoms with E-state index in [1.807, 2.05) is 62.4 Å². The Balaban J connectivity index is 1.37. The highest BCUT2D eigenvalue weighted by atomic mass is 19.1. The Morgan fingerprint density at radius 3 is 2.55 bits per heavy atom. The van der Waals surface area contributed by atoms with Crippen molar-refractivity contribution in [1.29, 1.82) is 0 Å². The summed E-state index contributed by atoms with van der Waals surface area (Å²) >= 11 is 0. The van der Waals surface area contributed by atoms with E-state index < -0.39 is 5.82 Å². The molecule has 0 atom stereocenters. The lowest BCUT2D eigenvalue weighted by Crippen LogP contribution is -2.29. The summed E-state index contributed by atoms with van der Waals surface area (Å²) in [6.45, 7) is 6.02. The summed E-state index contributed by atoms with van der Waals surface area (Å²) in [6, 6.07) is 18.7. The van der Waals surface area contributed by atoms with E-state index in [1.165, 1.54) is 6.21 Å². The molecule has 0 aliphatic carbocycles. The number of nitrogens with one attached hydrogen (secondary N) is 2. The first-order valence-electron chi connectivity index (χ1n) is 12.3. The molecule has 0 saturated heterocycles. The lowest BCUT2D eigenvalue weighted by Gasteiger charge is -2.22. The van der Waals surface area contributed by atoms with E-state index in [0.717, 1.165) is 28.7 Å². The van der Waals surface area contributed by atoms with Gasteiger partial charge in [-0.2, -0.15) is 10.1 Å². The van der Waals surface area contributed by atoms with Gasteiger partial charge in [0.2, 0.25) is 5.95 Å². The van der Waals surface area contributed by atoms with Crippen LogP contribution in [-0.2, 0) is 4.74 Å². The molecule has 0 aliphatic heterocycles. The summed E-state index contributed by atoms with van der Waals surface area (Å²) in [4.78, 5) is 14.4. The molecular weight excluding hydrogens is 485 g/mol. The fraction of sp³-hybridized carbons (Fsp3) is 0.214. The Morgan fingerprint density at radius 1 is 1.00 bits per heavy atom. The molecule has 0 spiro atoms. The summed E-state index contributed by atoms with van der Waals surface area (Å²) in [6.07, 6.45) is 4.36. The van der Waals surface area contributed by atoms with E-state index >= 15 is 0 Å². The van der Waals surface area contributed by atoms with Gasteiger partial charge < -0.3 is 20.1 Å². The molecule has 0 radical (unpaired) electrons. The van der Waals surface area contributed by atoms with Gasteiger partial charge in [-0.15, -0.1) is 0 Å². The molecule has 0 unspecified atom stereocenters. The molecule has 3 N–H and O–H groups in total. The van der Waals surface area contributed by atoms with Gasteiger partial charge in [-0.3, -0.25) is 4.98 Å². The lowest BCUT2D eigenvalue weighted by molar-refractivity contribution is 0.154. The highest BCUT2D eigenvalue weighted by Crippen LogP contribution is 2.27.